The van der Waals surface area contributed by atoms with Crippen molar-refractivity contribution in [2.24, 2.45) is 11.7 Å². The highest BCUT2D eigenvalue weighted by molar-refractivity contribution is 5.93. The van der Waals surface area contributed by atoms with Crippen molar-refractivity contribution in [2.75, 3.05) is 13.2 Å². The summed E-state index contributed by atoms with van der Waals surface area (Å²) in [6.45, 7) is 2.90. The van der Waals surface area contributed by atoms with Gasteiger partial charge in [0.05, 0.1) is 12.6 Å². The molecule has 1 rings (SSSR count). The third kappa shape index (κ3) is 3.91. The van der Waals surface area contributed by atoms with Gasteiger partial charge in [-0.15, -0.1) is 0 Å². The molecule has 1 saturated heterocycles. The number of aliphatic hydroxyl groups is 1. The van der Waals surface area contributed by atoms with E-state index in [1.54, 1.807) is 0 Å². The SMILES string of the molecule is CCC(C)C(N)C(=O)NC1COC(=O)C(CO)NC1=O. The zero-order valence-electron chi connectivity index (χ0n) is 11.6. The van der Waals surface area contributed by atoms with E-state index in [9.17, 15) is 14.4 Å². The number of hydrogen-bond acceptors (Lipinski definition) is 6. The molecule has 1 aliphatic rings. The normalized spacial score (nSPS) is 26.0. The molecule has 1 heterocycles. The van der Waals surface area contributed by atoms with Crippen molar-refractivity contribution in [3.63, 3.8) is 0 Å². The van der Waals surface area contributed by atoms with Crippen LogP contribution in [0.5, 0.6) is 0 Å². The van der Waals surface area contributed by atoms with Gasteiger partial charge in [-0.2, -0.15) is 0 Å². The minimum absolute atomic E-state index is 0.0309. The lowest BCUT2D eigenvalue weighted by molar-refractivity contribution is -0.146. The molecule has 0 aromatic rings. The van der Waals surface area contributed by atoms with Gasteiger partial charge in [-0.3, -0.25) is 9.59 Å². The van der Waals surface area contributed by atoms with E-state index < -0.39 is 42.5 Å². The summed E-state index contributed by atoms with van der Waals surface area (Å²) in [6.07, 6.45) is 0.729. The van der Waals surface area contributed by atoms with Crippen LogP contribution in [-0.2, 0) is 19.1 Å². The van der Waals surface area contributed by atoms with Gasteiger partial charge in [0.1, 0.15) is 12.6 Å². The Morgan fingerprint density at radius 3 is 2.80 bits per heavy atom. The summed E-state index contributed by atoms with van der Waals surface area (Å²) in [6, 6.07) is -2.84. The summed E-state index contributed by atoms with van der Waals surface area (Å²) in [4.78, 5) is 35.1. The second-order valence-electron chi connectivity index (χ2n) is 4.85. The van der Waals surface area contributed by atoms with Crippen LogP contribution in [0.4, 0.5) is 0 Å². The van der Waals surface area contributed by atoms with E-state index in [-0.39, 0.29) is 12.5 Å². The molecule has 0 aromatic heterocycles. The summed E-state index contributed by atoms with van der Waals surface area (Å²) in [7, 11) is 0. The second kappa shape index (κ2) is 7.20. The van der Waals surface area contributed by atoms with Gasteiger partial charge in [0.2, 0.25) is 11.8 Å². The highest BCUT2D eigenvalue weighted by Gasteiger charge is 2.33. The number of esters is 1. The van der Waals surface area contributed by atoms with Gasteiger partial charge >= 0.3 is 5.97 Å². The maximum Gasteiger partial charge on any atom is 0.331 e. The first-order valence-corrected chi connectivity index (χ1v) is 6.54. The van der Waals surface area contributed by atoms with Crippen LogP contribution < -0.4 is 16.4 Å². The molecule has 20 heavy (non-hydrogen) atoms. The van der Waals surface area contributed by atoms with Crippen LogP contribution in [0.15, 0.2) is 0 Å². The molecule has 0 bridgehead atoms. The molecule has 1 fully saturated rings. The Hall–Kier alpha value is -1.67. The largest absolute Gasteiger partial charge is 0.461 e. The zero-order chi connectivity index (χ0) is 15.3. The van der Waals surface area contributed by atoms with E-state index in [1.807, 2.05) is 13.8 Å². The van der Waals surface area contributed by atoms with Gasteiger partial charge in [-0.05, 0) is 5.92 Å². The Labute approximate surface area is 117 Å². The van der Waals surface area contributed by atoms with E-state index in [2.05, 4.69) is 10.6 Å². The summed E-state index contributed by atoms with van der Waals surface area (Å²) in [5.41, 5.74) is 5.76. The molecule has 0 spiro atoms. The summed E-state index contributed by atoms with van der Waals surface area (Å²) >= 11 is 0. The monoisotopic (exact) mass is 287 g/mol. The topological polar surface area (TPSA) is 131 Å². The number of carbonyl (C=O) groups is 3. The number of cyclic esters (lactones) is 1. The fraction of sp³-hybridized carbons (Fsp3) is 0.750. The number of nitrogens with two attached hydrogens (primary N) is 1. The summed E-state index contributed by atoms with van der Waals surface area (Å²) < 4.78 is 4.82. The van der Waals surface area contributed by atoms with E-state index >= 15 is 0 Å². The lowest BCUT2D eigenvalue weighted by atomic mass is 9.99. The van der Waals surface area contributed by atoms with Crippen molar-refractivity contribution in [3.05, 3.63) is 0 Å². The van der Waals surface area contributed by atoms with Crippen LogP contribution in [0.2, 0.25) is 0 Å². The average Bonchev–Trinajstić information content (AvgIpc) is 2.58. The summed E-state index contributed by atoms with van der Waals surface area (Å²) in [5.74, 6) is -1.82. The molecule has 4 atom stereocenters. The number of hydrogen-bond donors (Lipinski definition) is 4. The Kier molecular flexibility index (Phi) is 5.90. The third-order valence-corrected chi connectivity index (χ3v) is 3.37. The standard InChI is InChI=1S/C12H21N3O5/c1-3-6(2)9(13)11(18)15-8-5-20-12(19)7(4-16)14-10(8)17/h6-9,16H,3-5,13H2,1-2H3,(H,14,17)(H,15,18). The smallest absolute Gasteiger partial charge is 0.331 e. The zero-order valence-corrected chi connectivity index (χ0v) is 11.6. The van der Waals surface area contributed by atoms with Crippen molar-refractivity contribution in [2.45, 2.75) is 38.4 Å². The fourth-order valence-electron chi connectivity index (χ4n) is 1.68. The number of rotatable bonds is 5. The van der Waals surface area contributed by atoms with Gasteiger partial charge < -0.3 is 26.2 Å². The Morgan fingerprint density at radius 1 is 1.60 bits per heavy atom. The molecule has 2 amide bonds. The van der Waals surface area contributed by atoms with Crippen molar-refractivity contribution < 1.29 is 24.2 Å². The maximum atomic E-state index is 11.9. The van der Waals surface area contributed by atoms with Crippen molar-refractivity contribution >= 4 is 17.8 Å². The second-order valence-corrected chi connectivity index (χ2v) is 4.85. The predicted molar refractivity (Wildman–Crippen MR) is 69.3 cm³/mol. The molecular formula is C12H21N3O5. The molecule has 0 radical (unpaired) electrons. The van der Waals surface area contributed by atoms with E-state index in [0.29, 0.717) is 0 Å². The van der Waals surface area contributed by atoms with Gasteiger partial charge in [0.25, 0.3) is 0 Å². The fourth-order valence-corrected chi connectivity index (χ4v) is 1.68. The molecule has 8 nitrogen and oxygen atoms in total. The first-order chi connectivity index (χ1) is 9.40. The molecule has 5 N–H and O–H groups in total. The number of carbonyl (C=O) groups excluding carboxylic acids is 3. The van der Waals surface area contributed by atoms with Gasteiger partial charge in [0.15, 0.2) is 6.04 Å². The van der Waals surface area contributed by atoms with Crippen LogP contribution in [0.1, 0.15) is 20.3 Å². The average molecular weight is 287 g/mol. The third-order valence-electron chi connectivity index (χ3n) is 3.37. The van der Waals surface area contributed by atoms with Crippen LogP contribution >= 0.6 is 0 Å². The molecule has 8 heteroatoms. The van der Waals surface area contributed by atoms with E-state index in [1.165, 1.54) is 0 Å². The molecule has 1 aliphatic heterocycles. The Bertz CT molecular complexity index is 387. The lowest BCUT2D eigenvalue weighted by Crippen LogP contribution is -2.55. The predicted octanol–water partition coefficient (Wildman–Crippen LogP) is -2.12. The quantitative estimate of drug-likeness (QED) is 0.428. The number of nitrogens with one attached hydrogen (secondary N) is 2. The first kappa shape index (κ1) is 16.4. The minimum atomic E-state index is -1.10. The highest BCUT2D eigenvalue weighted by Crippen LogP contribution is 2.06. The van der Waals surface area contributed by atoms with E-state index in [4.69, 9.17) is 15.6 Å². The number of ether oxygens (including phenoxy) is 1. The van der Waals surface area contributed by atoms with Crippen molar-refractivity contribution in [3.8, 4) is 0 Å². The van der Waals surface area contributed by atoms with Gasteiger partial charge in [-0.1, -0.05) is 20.3 Å². The van der Waals surface area contributed by atoms with E-state index in [0.717, 1.165) is 6.42 Å². The van der Waals surface area contributed by atoms with Crippen LogP contribution in [0.3, 0.4) is 0 Å². The highest BCUT2D eigenvalue weighted by atomic mass is 16.5. The molecule has 0 aliphatic carbocycles. The molecule has 4 unspecified atom stereocenters. The molecular weight excluding hydrogens is 266 g/mol. The lowest BCUT2D eigenvalue weighted by Gasteiger charge is -2.21. The Balaban J connectivity index is 2.65. The first-order valence-electron chi connectivity index (χ1n) is 6.54. The minimum Gasteiger partial charge on any atom is -0.461 e. The van der Waals surface area contributed by atoms with Crippen LogP contribution in [0.25, 0.3) is 0 Å². The van der Waals surface area contributed by atoms with Crippen LogP contribution in [0, 0.1) is 5.92 Å². The molecule has 0 aromatic carbocycles. The van der Waals surface area contributed by atoms with Gasteiger partial charge in [0, 0.05) is 0 Å². The molecule has 0 saturated carbocycles. The molecule has 114 valence electrons. The Morgan fingerprint density at radius 2 is 2.25 bits per heavy atom. The van der Waals surface area contributed by atoms with Gasteiger partial charge in [-0.25, -0.2) is 4.79 Å². The van der Waals surface area contributed by atoms with Crippen LogP contribution in [-0.4, -0.2) is 54.2 Å². The maximum absolute atomic E-state index is 11.9. The van der Waals surface area contributed by atoms with Crippen molar-refractivity contribution in [1.82, 2.24) is 10.6 Å². The summed E-state index contributed by atoms with van der Waals surface area (Å²) in [5, 5.41) is 13.7. The number of amides is 2. The van der Waals surface area contributed by atoms with Crippen molar-refractivity contribution in [1.29, 1.82) is 0 Å². The number of aliphatic hydroxyl groups excluding tert-OH is 1.